The molecule has 14 heavy (non-hydrogen) atoms. The lowest BCUT2D eigenvalue weighted by Crippen LogP contribution is -2.00. The van der Waals surface area contributed by atoms with Crippen LogP contribution in [-0.2, 0) is 4.74 Å². The molecule has 74 valence electrons. The molecule has 0 fully saturated rings. The Kier molecular flexibility index (Phi) is 4.15. The van der Waals surface area contributed by atoms with Gasteiger partial charge in [-0.2, -0.15) is 5.26 Å². The molecule has 0 bridgehead atoms. The molecule has 0 aliphatic carbocycles. The van der Waals surface area contributed by atoms with Gasteiger partial charge in [-0.1, -0.05) is 29.8 Å². The Labute approximate surface area is 85.1 Å². The number of nitrogens with zero attached hydrogens (tertiary/aromatic N) is 1. The van der Waals surface area contributed by atoms with Gasteiger partial charge in [0.2, 0.25) is 0 Å². The minimum absolute atomic E-state index is 0.0512. The normalized spacial score (nSPS) is 12.1. The zero-order valence-electron chi connectivity index (χ0n) is 8.66. The molecule has 0 aromatic heterocycles. The highest BCUT2D eigenvalue weighted by atomic mass is 16.5. The molecule has 0 spiro atoms. The van der Waals surface area contributed by atoms with Crippen LogP contribution >= 0.6 is 0 Å². The van der Waals surface area contributed by atoms with E-state index in [9.17, 15) is 0 Å². The summed E-state index contributed by atoms with van der Waals surface area (Å²) in [6, 6.07) is 10.4. The van der Waals surface area contributed by atoms with E-state index in [0.29, 0.717) is 6.42 Å². The van der Waals surface area contributed by atoms with Crippen LogP contribution in [0.3, 0.4) is 0 Å². The summed E-state index contributed by atoms with van der Waals surface area (Å²) in [4.78, 5) is 0. The first-order chi connectivity index (χ1) is 6.77. The molecule has 0 aliphatic heterocycles. The highest BCUT2D eigenvalue weighted by molar-refractivity contribution is 5.23. The van der Waals surface area contributed by atoms with Gasteiger partial charge >= 0.3 is 0 Å². The van der Waals surface area contributed by atoms with E-state index in [0.717, 1.165) is 12.0 Å². The van der Waals surface area contributed by atoms with E-state index in [1.54, 1.807) is 7.11 Å². The zero-order valence-corrected chi connectivity index (χ0v) is 8.66. The first-order valence-corrected chi connectivity index (χ1v) is 4.74. The average molecular weight is 189 g/mol. The van der Waals surface area contributed by atoms with Crippen molar-refractivity contribution >= 4 is 0 Å². The van der Waals surface area contributed by atoms with Crippen LogP contribution in [0, 0.1) is 18.3 Å². The lowest BCUT2D eigenvalue weighted by Gasteiger charge is -2.14. The van der Waals surface area contributed by atoms with Crippen LogP contribution < -0.4 is 0 Å². The quantitative estimate of drug-likeness (QED) is 0.729. The molecular formula is C12H15NO. The summed E-state index contributed by atoms with van der Waals surface area (Å²) in [5, 5.41) is 8.50. The summed E-state index contributed by atoms with van der Waals surface area (Å²) in [6.45, 7) is 2.06. The Hall–Kier alpha value is -1.33. The maximum absolute atomic E-state index is 8.50. The highest BCUT2D eigenvalue weighted by Gasteiger charge is 2.08. The molecule has 0 saturated heterocycles. The second kappa shape index (κ2) is 5.41. The third-order valence-electron chi connectivity index (χ3n) is 2.25. The van der Waals surface area contributed by atoms with Crippen LogP contribution in [-0.4, -0.2) is 7.11 Å². The number of nitriles is 1. The highest BCUT2D eigenvalue weighted by Crippen LogP contribution is 2.21. The minimum atomic E-state index is 0.0512. The number of methoxy groups -OCH3 is 1. The molecule has 1 atom stereocenters. The summed E-state index contributed by atoms with van der Waals surface area (Å²) in [5.41, 5.74) is 2.39. The van der Waals surface area contributed by atoms with Gasteiger partial charge < -0.3 is 4.74 Å². The predicted molar refractivity (Wildman–Crippen MR) is 55.8 cm³/mol. The van der Waals surface area contributed by atoms with E-state index in [1.807, 2.05) is 0 Å². The van der Waals surface area contributed by atoms with Crippen molar-refractivity contribution < 1.29 is 4.74 Å². The van der Waals surface area contributed by atoms with Crippen LogP contribution in [0.2, 0.25) is 0 Å². The molecule has 2 heteroatoms. The smallest absolute Gasteiger partial charge is 0.0831 e. The third kappa shape index (κ3) is 2.86. The second-order valence-corrected chi connectivity index (χ2v) is 3.33. The molecule has 1 rings (SSSR count). The first kappa shape index (κ1) is 10.7. The molecule has 0 aliphatic rings. The number of rotatable bonds is 4. The van der Waals surface area contributed by atoms with Crippen molar-refractivity contribution in [2.75, 3.05) is 7.11 Å². The number of aryl methyl sites for hydroxylation is 1. The van der Waals surface area contributed by atoms with Gasteiger partial charge in [-0.15, -0.1) is 0 Å². The third-order valence-corrected chi connectivity index (χ3v) is 2.25. The van der Waals surface area contributed by atoms with Gasteiger partial charge in [0.1, 0.15) is 0 Å². The van der Waals surface area contributed by atoms with Gasteiger partial charge in [-0.05, 0) is 18.9 Å². The Balaban J connectivity index is 2.69. The summed E-state index contributed by atoms with van der Waals surface area (Å²) in [6.07, 6.45) is 1.35. The van der Waals surface area contributed by atoms with E-state index in [-0.39, 0.29) is 6.10 Å². The van der Waals surface area contributed by atoms with Gasteiger partial charge in [0, 0.05) is 13.5 Å². The number of hydrogen-bond acceptors (Lipinski definition) is 2. The SMILES string of the molecule is COC(CCC#N)c1ccc(C)cc1. The van der Waals surface area contributed by atoms with Gasteiger partial charge in [0.15, 0.2) is 0 Å². The molecule has 0 saturated carbocycles. The number of hydrogen-bond donors (Lipinski definition) is 0. The van der Waals surface area contributed by atoms with Crippen LogP contribution in [0.1, 0.15) is 30.1 Å². The molecule has 0 radical (unpaired) electrons. The van der Waals surface area contributed by atoms with E-state index < -0.39 is 0 Å². The fraction of sp³-hybridized carbons (Fsp3) is 0.417. The van der Waals surface area contributed by atoms with Crippen molar-refractivity contribution in [3.63, 3.8) is 0 Å². The van der Waals surface area contributed by atoms with Crippen molar-refractivity contribution in [3.8, 4) is 6.07 Å². The first-order valence-electron chi connectivity index (χ1n) is 4.74. The Morgan fingerprint density at radius 3 is 2.50 bits per heavy atom. The Morgan fingerprint density at radius 2 is 2.00 bits per heavy atom. The lowest BCUT2D eigenvalue weighted by molar-refractivity contribution is 0.0969. The summed E-state index contributed by atoms with van der Waals surface area (Å²) in [5.74, 6) is 0. The fourth-order valence-electron chi connectivity index (χ4n) is 1.40. The predicted octanol–water partition coefficient (Wildman–Crippen LogP) is 2.99. The summed E-state index contributed by atoms with van der Waals surface area (Å²) >= 11 is 0. The monoisotopic (exact) mass is 189 g/mol. The van der Waals surface area contributed by atoms with Crippen LogP contribution in [0.4, 0.5) is 0 Å². The largest absolute Gasteiger partial charge is 0.377 e. The van der Waals surface area contributed by atoms with Crippen LogP contribution in [0.15, 0.2) is 24.3 Å². The van der Waals surface area contributed by atoms with Crippen LogP contribution in [0.25, 0.3) is 0 Å². The topological polar surface area (TPSA) is 33.0 Å². The molecule has 0 N–H and O–H groups in total. The fourth-order valence-corrected chi connectivity index (χ4v) is 1.40. The van der Waals surface area contributed by atoms with Crippen molar-refractivity contribution in [2.24, 2.45) is 0 Å². The zero-order chi connectivity index (χ0) is 10.4. The molecule has 1 aromatic rings. The lowest BCUT2D eigenvalue weighted by atomic mass is 10.0. The maximum Gasteiger partial charge on any atom is 0.0831 e. The Bertz CT molecular complexity index is 310. The maximum atomic E-state index is 8.50. The number of ether oxygens (including phenoxy) is 1. The van der Waals surface area contributed by atoms with E-state index in [1.165, 1.54) is 5.56 Å². The van der Waals surface area contributed by atoms with Crippen molar-refractivity contribution in [2.45, 2.75) is 25.9 Å². The van der Waals surface area contributed by atoms with Gasteiger partial charge in [0.25, 0.3) is 0 Å². The summed E-state index contributed by atoms with van der Waals surface area (Å²) < 4.78 is 5.33. The van der Waals surface area contributed by atoms with E-state index in [4.69, 9.17) is 10.00 Å². The van der Waals surface area contributed by atoms with Gasteiger partial charge in [0.05, 0.1) is 12.2 Å². The van der Waals surface area contributed by atoms with E-state index in [2.05, 4.69) is 37.3 Å². The second-order valence-electron chi connectivity index (χ2n) is 3.33. The van der Waals surface area contributed by atoms with Crippen LogP contribution in [0.5, 0.6) is 0 Å². The average Bonchev–Trinajstić information content (AvgIpc) is 2.21. The summed E-state index contributed by atoms with van der Waals surface area (Å²) in [7, 11) is 1.68. The van der Waals surface area contributed by atoms with Crippen molar-refractivity contribution in [1.29, 1.82) is 5.26 Å². The Morgan fingerprint density at radius 1 is 1.36 bits per heavy atom. The molecule has 1 unspecified atom stereocenters. The standard InChI is InChI=1S/C12H15NO/c1-10-5-7-11(8-6-10)12(14-2)4-3-9-13/h5-8,12H,3-4H2,1-2H3. The minimum Gasteiger partial charge on any atom is -0.377 e. The van der Waals surface area contributed by atoms with Gasteiger partial charge in [-0.25, -0.2) is 0 Å². The van der Waals surface area contributed by atoms with Gasteiger partial charge in [-0.3, -0.25) is 0 Å². The molecular weight excluding hydrogens is 174 g/mol. The van der Waals surface area contributed by atoms with Crippen molar-refractivity contribution in [1.82, 2.24) is 0 Å². The van der Waals surface area contributed by atoms with E-state index >= 15 is 0 Å². The molecule has 2 nitrogen and oxygen atoms in total. The molecule has 1 aromatic carbocycles. The van der Waals surface area contributed by atoms with Crippen molar-refractivity contribution in [3.05, 3.63) is 35.4 Å². The molecule has 0 heterocycles. The number of benzene rings is 1. The molecule has 0 amide bonds.